The van der Waals surface area contributed by atoms with Crippen molar-refractivity contribution in [3.05, 3.63) is 76.3 Å². The molecule has 3 heteroatoms. The van der Waals surface area contributed by atoms with Crippen molar-refractivity contribution < 1.29 is 9.90 Å². The molecule has 2 aromatic carbocycles. The van der Waals surface area contributed by atoms with Gasteiger partial charge in [0.2, 0.25) is 0 Å². The molecule has 2 nitrogen and oxygen atoms in total. The van der Waals surface area contributed by atoms with Crippen LogP contribution in [0.5, 0.6) is 0 Å². The third-order valence-corrected chi connectivity index (χ3v) is 3.70. The van der Waals surface area contributed by atoms with Gasteiger partial charge < -0.3 is 5.11 Å². The van der Waals surface area contributed by atoms with Crippen molar-refractivity contribution in [3.8, 4) is 0 Å². The number of hydrogen-bond donors (Lipinski definition) is 1. The number of aliphatic carboxylic acids is 1. The molecule has 0 atom stereocenters. The lowest BCUT2D eigenvalue weighted by Crippen LogP contribution is -2.10. The molecular weight excluding hydrogens is 296 g/mol. The fourth-order valence-corrected chi connectivity index (χ4v) is 2.45. The zero-order chi connectivity index (χ0) is 16.3. The van der Waals surface area contributed by atoms with E-state index in [2.05, 4.69) is 20.8 Å². The van der Waals surface area contributed by atoms with E-state index in [-0.39, 0.29) is 5.41 Å². The van der Waals surface area contributed by atoms with E-state index in [4.69, 9.17) is 16.7 Å². The lowest BCUT2D eigenvalue weighted by molar-refractivity contribution is -0.131. The van der Waals surface area contributed by atoms with Crippen molar-refractivity contribution in [2.24, 2.45) is 0 Å². The molecule has 1 N–H and O–H groups in total. The molecular formula is C19H19ClO2. The smallest absolute Gasteiger partial charge is 0.328 e. The van der Waals surface area contributed by atoms with E-state index in [0.29, 0.717) is 10.6 Å². The van der Waals surface area contributed by atoms with Crippen LogP contribution in [0.3, 0.4) is 0 Å². The average Bonchev–Trinajstić information content (AvgIpc) is 2.44. The molecule has 0 fully saturated rings. The maximum absolute atomic E-state index is 11.2. The molecule has 2 rings (SSSR count). The maximum atomic E-state index is 11.2. The first-order valence-electron chi connectivity index (χ1n) is 7.09. The Kier molecular flexibility index (Phi) is 4.72. The third-order valence-electron chi connectivity index (χ3n) is 3.47. The first kappa shape index (κ1) is 16.3. The zero-order valence-electron chi connectivity index (χ0n) is 12.9. The number of carboxylic acid groups (broad SMARTS) is 1. The second-order valence-electron chi connectivity index (χ2n) is 6.23. The van der Waals surface area contributed by atoms with E-state index in [1.165, 1.54) is 11.6 Å². The van der Waals surface area contributed by atoms with Crippen molar-refractivity contribution in [2.75, 3.05) is 0 Å². The minimum Gasteiger partial charge on any atom is -0.478 e. The molecule has 0 saturated heterocycles. The van der Waals surface area contributed by atoms with Crippen LogP contribution in [0.2, 0.25) is 5.02 Å². The fraction of sp³-hybridized carbons (Fsp3) is 0.211. The molecule has 0 saturated carbocycles. The van der Waals surface area contributed by atoms with E-state index in [1.54, 1.807) is 12.1 Å². The average molecular weight is 315 g/mol. The number of carboxylic acids is 1. The number of carbonyl (C=O) groups is 1. The SMILES string of the molecule is CC(C)(C)c1ccc(/C(=C\C(=O)O)c2cccc(Cl)c2)cc1. The summed E-state index contributed by atoms with van der Waals surface area (Å²) < 4.78 is 0. The number of halogens is 1. The van der Waals surface area contributed by atoms with Gasteiger partial charge in [-0.1, -0.05) is 68.8 Å². The van der Waals surface area contributed by atoms with Crippen LogP contribution in [0.4, 0.5) is 0 Å². The van der Waals surface area contributed by atoms with Crippen molar-refractivity contribution in [1.82, 2.24) is 0 Å². The Morgan fingerprint density at radius 1 is 1.05 bits per heavy atom. The molecule has 0 bridgehead atoms. The van der Waals surface area contributed by atoms with Crippen LogP contribution in [-0.4, -0.2) is 11.1 Å². The number of benzene rings is 2. The van der Waals surface area contributed by atoms with Gasteiger partial charge in [-0.3, -0.25) is 0 Å². The summed E-state index contributed by atoms with van der Waals surface area (Å²) in [5, 5.41) is 9.73. The normalized spacial score (nSPS) is 12.3. The largest absolute Gasteiger partial charge is 0.478 e. The van der Waals surface area contributed by atoms with Gasteiger partial charge in [-0.25, -0.2) is 4.79 Å². The van der Waals surface area contributed by atoms with Crippen molar-refractivity contribution in [1.29, 1.82) is 0 Å². The van der Waals surface area contributed by atoms with Crippen LogP contribution in [-0.2, 0) is 10.2 Å². The Labute approximate surface area is 136 Å². The highest BCUT2D eigenvalue weighted by Gasteiger charge is 2.14. The monoisotopic (exact) mass is 314 g/mol. The van der Waals surface area contributed by atoms with Gasteiger partial charge in [-0.05, 0) is 39.8 Å². The summed E-state index contributed by atoms with van der Waals surface area (Å²) in [4.78, 5) is 11.2. The van der Waals surface area contributed by atoms with Gasteiger partial charge in [-0.15, -0.1) is 0 Å². The van der Waals surface area contributed by atoms with Crippen LogP contribution in [0, 0.1) is 0 Å². The van der Waals surface area contributed by atoms with Gasteiger partial charge in [0.25, 0.3) is 0 Å². The summed E-state index contributed by atoms with van der Waals surface area (Å²) in [5.74, 6) is -0.977. The van der Waals surface area contributed by atoms with E-state index in [9.17, 15) is 4.79 Å². The summed E-state index contributed by atoms with van der Waals surface area (Å²) >= 11 is 6.02. The first-order chi connectivity index (χ1) is 10.3. The summed E-state index contributed by atoms with van der Waals surface area (Å²) in [6.45, 7) is 6.44. The molecule has 0 aromatic heterocycles. The van der Waals surface area contributed by atoms with Crippen LogP contribution < -0.4 is 0 Å². The minimum absolute atomic E-state index is 0.0608. The third kappa shape index (κ3) is 3.99. The van der Waals surface area contributed by atoms with Crippen molar-refractivity contribution in [3.63, 3.8) is 0 Å². The summed E-state index contributed by atoms with van der Waals surface area (Å²) in [6.07, 6.45) is 1.22. The van der Waals surface area contributed by atoms with Gasteiger partial charge in [0.1, 0.15) is 0 Å². The van der Waals surface area contributed by atoms with Gasteiger partial charge in [0, 0.05) is 11.1 Å². The predicted octanol–water partition coefficient (Wildman–Crippen LogP) is 5.15. The Bertz CT molecular complexity index is 707. The van der Waals surface area contributed by atoms with Crippen LogP contribution >= 0.6 is 11.6 Å². The Balaban J connectivity index is 2.50. The van der Waals surface area contributed by atoms with Gasteiger partial charge in [0.15, 0.2) is 0 Å². The molecule has 2 aromatic rings. The van der Waals surface area contributed by atoms with E-state index in [1.807, 2.05) is 36.4 Å². The topological polar surface area (TPSA) is 37.3 Å². The summed E-state index contributed by atoms with van der Waals surface area (Å²) in [7, 11) is 0. The van der Waals surface area contributed by atoms with Gasteiger partial charge in [-0.2, -0.15) is 0 Å². The number of hydrogen-bond acceptors (Lipinski definition) is 1. The molecule has 0 radical (unpaired) electrons. The molecule has 0 heterocycles. The molecule has 0 aliphatic rings. The molecule has 0 aliphatic heterocycles. The summed E-state index contributed by atoms with van der Waals surface area (Å²) in [6, 6.07) is 15.2. The first-order valence-corrected chi connectivity index (χ1v) is 7.46. The lowest BCUT2D eigenvalue weighted by atomic mass is 9.85. The molecule has 0 spiro atoms. The second kappa shape index (κ2) is 6.37. The van der Waals surface area contributed by atoms with E-state index < -0.39 is 5.97 Å². The Morgan fingerprint density at radius 3 is 2.18 bits per heavy atom. The zero-order valence-corrected chi connectivity index (χ0v) is 13.7. The highest BCUT2D eigenvalue weighted by molar-refractivity contribution is 6.30. The molecule has 114 valence electrons. The van der Waals surface area contributed by atoms with Crippen molar-refractivity contribution in [2.45, 2.75) is 26.2 Å². The van der Waals surface area contributed by atoms with Crippen LogP contribution in [0.25, 0.3) is 5.57 Å². The quantitative estimate of drug-likeness (QED) is 0.795. The molecule has 0 aliphatic carbocycles. The molecule has 0 amide bonds. The highest BCUT2D eigenvalue weighted by Crippen LogP contribution is 2.28. The van der Waals surface area contributed by atoms with E-state index in [0.717, 1.165) is 11.1 Å². The Hall–Kier alpha value is -2.06. The predicted molar refractivity (Wildman–Crippen MR) is 91.3 cm³/mol. The number of rotatable bonds is 3. The minimum atomic E-state index is -0.977. The van der Waals surface area contributed by atoms with E-state index >= 15 is 0 Å². The second-order valence-corrected chi connectivity index (χ2v) is 6.67. The highest BCUT2D eigenvalue weighted by atomic mass is 35.5. The Morgan fingerprint density at radius 2 is 1.68 bits per heavy atom. The van der Waals surface area contributed by atoms with Gasteiger partial charge in [0.05, 0.1) is 0 Å². The van der Waals surface area contributed by atoms with Gasteiger partial charge >= 0.3 is 5.97 Å². The standard InChI is InChI=1S/C19H19ClO2/c1-19(2,3)15-9-7-13(8-10-15)17(12-18(21)22)14-5-4-6-16(20)11-14/h4-12H,1-3H3,(H,21,22)/b17-12+. The van der Waals surface area contributed by atoms with Crippen molar-refractivity contribution >= 4 is 23.1 Å². The maximum Gasteiger partial charge on any atom is 0.328 e. The van der Waals surface area contributed by atoms with Crippen LogP contribution in [0.15, 0.2) is 54.6 Å². The summed E-state index contributed by atoms with van der Waals surface area (Å²) in [5.41, 5.74) is 3.56. The fourth-order valence-electron chi connectivity index (χ4n) is 2.26. The lowest BCUT2D eigenvalue weighted by Gasteiger charge is -2.19. The van der Waals surface area contributed by atoms with Crippen LogP contribution in [0.1, 0.15) is 37.5 Å². The molecule has 22 heavy (non-hydrogen) atoms. The molecule has 0 unspecified atom stereocenters.